The van der Waals surface area contributed by atoms with E-state index in [9.17, 15) is 8.42 Å². The molecule has 0 spiro atoms. The lowest BCUT2D eigenvalue weighted by Gasteiger charge is -2.09. The molecule has 0 saturated heterocycles. The van der Waals surface area contributed by atoms with E-state index in [0.717, 1.165) is 15.9 Å². The molecule has 2 aromatic rings. The van der Waals surface area contributed by atoms with Crippen LogP contribution in [0.15, 0.2) is 27.6 Å². The summed E-state index contributed by atoms with van der Waals surface area (Å²) in [5.74, 6) is 0.575. The van der Waals surface area contributed by atoms with Crippen molar-refractivity contribution in [2.45, 2.75) is 25.3 Å². The maximum atomic E-state index is 11.4. The van der Waals surface area contributed by atoms with E-state index in [4.69, 9.17) is 9.88 Å². The Kier molecular flexibility index (Phi) is 4.40. The molecule has 0 radical (unpaired) electrons. The van der Waals surface area contributed by atoms with Gasteiger partial charge in [-0.25, -0.2) is 13.6 Å². The molecule has 0 aliphatic carbocycles. The van der Waals surface area contributed by atoms with Gasteiger partial charge >= 0.3 is 0 Å². The minimum Gasteiger partial charge on any atom is -0.487 e. The maximum absolute atomic E-state index is 11.4. The highest BCUT2D eigenvalue weighted by atomic mass is 79.9. The second kappa shape index (κ2) is 5.78. The summed E-state index contributed by atoms with van der Waals surface area (Å²) in [6.45, 7) is 3.90. The molecule has 0 fully saturated rings. The SMILES string of the molecule is Cc1cc(OCc2c(Br)c(C)nn2C)ccc1S(N)(=O)=O. The van der Waals surface area contributed by atoms with Crippen molar-refractivity contribution in [3.05, 3.63) is 39.6 Å². The highest BCUT2D eigenvalue weighted by molar-refractivity contribution is 9.10. The van der Waals surface area contributed by atoms with Gasteiger partial charge in [0.15, 0.2) is 0 Å². The molecule has 0 atom stereocenters. The number of nitrogens with zero attached hydrogens (tertiary/aromatic N) is 2. The number of sulfonamides is 1. The van der Waals surface area contributed by atoms with Crippen molar-refractivity contribution in [2.24, 2.45) is 12.2 Å². The lowest BCUT2D eigenvalue weighted by Crippen LogP contribution is -2.13. The molecule has 2 N–H and O–H groups in total. The molecule has 1 aromatic carbocycles. The van der Waals surface area contributed by atoms with Crippen LogP contribution in [0.4, 0.5) is 0 Å². The van der Waals surface area contributed by atoms with Gasteiger partial charge in [-0.05, 0) is 53.5 Å². The van der Waals surface area contributed by atoms with Crippen LogP contribution < -0.4 is 9.88 Å². The fourth-order valence-electron chi connectivity index (χ4n) is 2.02. The zero-order chi connectivity index (χ0) is 15.8. The van der Waals surface area contributed by atoms with E-state index in [0.29, 0.717) is 17.9 Å². The van der Waals surface area contributed by atoms with Gasteiger partial charge in [0.05, 0.1) is 20.8 Å². The van der Waals surface area contributed by atoms with Crippen molar-refractivity contribution < 1.29 is 13.2 Å². The Labute approximate surface area is 132 Å². The van der Waals surface area contributed by atoms with Crippen molar-refractivity contribution in [2.75, 3.05) is 0 Å². The molecule has 114 valence electrons. The Hall–Kier alpha value is -1.38. The number of rotatable bonds is 4. The average Bonchev–Trinajstić information content (AvgIpc) is 2.60. The zero-order valence-corrected chi connectivity index (χ0v) is 14.3. The Morgan fingerprint density at radius 1 is 1.38 bits per heavy atom. The lowest BCUT2D eigenvalue weighted by atomic mass is 10.2. The third-order valence-corrected chi connectivity index (χ3v) is 5.19. The second-order valence-electron chi connectivity index (χ2n) is 4.73. The summed E-state index contributed by atoms with van der Waals surface area (Å²) in [7, 11) is -1.87. The molecule has 21 heavy (non-hydrogen) atoms. The Balaban J connectivity index is 2.20. The molecule has 2 rings (SSSR count). The largest absolute Gasteiger partial charge is 0.487 e. The first-order chi connectivity index (χ1) is 9.70. The first-order valence-corrected chi connectivity index (χ1v) is 8.48. The summed E-state index contributed by atoms with van der Waals surface area (Å²) >= 11 is 3.47. The molecule has 1 aromatic heterocycles. The smallest absolute Gasteiger partial charge is 0.238 e. The van der Waals surface area contributed by atoms with Gasteiger partial charge in [0, 0.05) is 7.05 Å². The minimum atomic E-state index is -3.70. The summed E-state index contributed by atoms with van der Waals surface area (Å²) in [6, 6.07) is 4.68. The number of aryl methyl sites for hydroxylation is 3. The number of nitrogens with two attached hydrogens (primary N) is 1. The standard InChI is InChI=1S/C13H16BrN3O3S/c1-8-6-10(4-5-12(8)21(15,18)19)20-7-11-13(14)9(2)16-17(11)3/h4-6H,7H2,1-3H3,(H2,15,18,19). The third-order valence-electron chi connectivity index (χ3n) is 3.09. The van der Waals surface area contributed by atoms with Gasteiger partial charge in [0.1, 0.15) is 12.4 Å². The quantitative estimate of drug-likeness (QED) is 0.887. The maximum Gasteiger partial charge on any atom is 0.238 e. The van der Waals surface area contributed by atoms with Crippen molar-refractivity contribution >= 4 is 26.0 Å². The van der Waals surface area contributed by atoms with Gasteiger partial charge in [-0.15, -0.1) is 0 Å². The van der Waals surface area contributed by atoms with Crippen LogP contribution in [0.1, 0.15) is 17.0 Å². The highest BCUT2D eigenvalue weighted by Gasteiger charge is 2.14. The molecule has 8 heteroatoms. The molecule has 1 heterocycles. The molecular formula is C13H16BrN3O3S. The van der Waals surface area contributed by atoms with Gasteiger partial charge in [0.25, 0.3) is 0 Å². The van der Waals surface area contributed by atoms with E-state index in [-0.39, 0.29) is 4.90 Å². The molecule has 0 unspecified atom stereocenters. The second-order valence-corrected chi connectivity index (χ2v) is 7.05. The first-order valence-electron chi connectivity index (χ1n) is 6.14. The Morgan fingerprint density at radius 3 is 2.52 bits per heavy atom. The predicted molar refractivity (Wildman–Crippen MR) is 82.5 cm³/mol. The summed E-state index contributed by atoms with van der Waals surface area (Å²) in [5.41, 5.74) is 2.34. The summed E-state index contributed by atoms with van der Waals surface area (Å²) < 4.78 is 31.0. The van der Waals surface area contributed by atoms with Crippen LogP contribution >= 0.6 is 15.9 Å². The van der Waals surface area contributed by atoms with Gasteiger partial charge < -0.3 is 4.74 Å². The first kappa shape index (κ1) is 16.0. The molecule has 0 bridgehead atoms. The van der Waals surface area contributed by atoms with Crippen LogP contribution in [0.2, 0.25) is 0 Å². The average molecular weight is 374 g/mol. The van der Waals surface area contributed by atoms with Crippen molar-refractivity contribution in [1.29, 1.82) is 0 Å². The summed E-state index contributed by atoms with van der Waals surface area (Å²) in [4.78, 5) is 0.104. The topological polar surface area (TPSA) is 87.2 Å². The summed E-state index contributed by atoms with van der Waals surface area (Å²) in [6.07, 6.45) is 0. The number of benzene rings is 1. The molecule has 0 aliphatic rings. The van der Waals surface area contributed by atoms with E-state index >= 15 is 0 Å². The lowest BCUT2D eigenvalue weighted by molar-refractivity contribution is 0.293. The van der Waals surface area contributed by atoms with Crippen molar-refractivity contribution in [3.63, 3.8) is 0 Å². The van der Waals surface area contributed by atoms with Crippen LogP contribution in [0, 0.1) is 13.8 Å². The molecule has 6 nitrogen and oxygen atoms in total. The fraction of sp³-hybridized carbons (Fsp3) is 0.308. The van der Waals surface area contributed by atoms with E-state index in [1.807, 2.05) is 14.0 Å². The van der Waals surface area contributed by atoms with Crippen molar-refractivity contribution in [3.8, 4) is 5.75 Å². The van der Waals surface area contributed by atoms with E-state index < -0.39 is 10.0 Å². The number of ether oxygens (including phenoxy) is 1. The van der Waals surface area contributed by atoms with Gasteiger partial charge in [0.2, 0.25) is 10.0 Å². The molecule has 0 amide bonds. The predicted octanol–water partition coefficient (Wildman–Crippen LogP) is 2.03. The molecule has 0 aliphatic heterocycles. The van der Waals surface area contributed by atoms with Crippen LogP contribution in [0.5, 0.6) is 5.75 Å². The van der Waals surface area contributed by atoms with Gasteiger partial charge in [-0.2, -0.15) is 5.10 Å². The fourth-order valence-corrected chi connectivity index (χ4v) is 3.24. The van der Waals surface area contributed by atoms with Crippen molar-refractivity contribution in [1.82, 2.24) is 9.78 Å². The van der Waals surface area contributed by atoms with Crippen LogP contribution in [0.3, 0.4) is 0 Å². The van der Waals surface area contributed by atoms with Gasteiger partial charge in [-0.3, -0.25) is 4.68 Å². The minimum absolute atomic E-state index is 0.104. The monoisotopic (exact) mass is 373 g/mol. The van der Waals surface area contributed by atoms with E-state index in [1.54, 1.807) is 23.7 Å². The molecular weight excluding hydrogens is 358 g/mol. The Bertz CT molecular complexity index is 784. The third kappa shape index (κ3) is 3.45. The highest BCUT2D eigenvalue weighted by Crippen LogP contribution is 2.24. The summed E-state index contributed by atoms with van der Waals surface area (Å²) in [5, 5.41) is 9.41. The van der Waals surface area contributed by atoms with E-state index in [1.165, 1.54) is 6.07 Å². The number of primary sulfonamides is 1. The van der Waals surface area contributed by atoms with Gasteiger partial charge in [-0.1, -0.05) is 0 Å². The normalized spacial score (nSPS) is 11.7. The number of halogens is 1. The Morgan fingerprint density at radius 2 is 2.05 bits per heavy atom. The van der Waals surface area contributed by atoms with Crippen LogP contribution in [-0.4, -0.2) is 18.2 Å². The number of aromatic nitrogens is 2. The number of hydrogen-bond acceptors (Lipinski definition) is 4. The van der Waals surface area contributed by atoms with E-state index in [2.05, 4.69) is 21.0 Å². The zero-order valence-electron chi connectivity index (χ0n) is 11.9. The molecule has 0 saturated carbocycles. The number of hydrogen-bond donors (Lipinski definition) is 1. The van der Waals surface area contributed by atoms with Crippen LogP contribution in [-0.2, 0) is 23.7 Å². The van der Waals surface area contributed by atoms with Crippen LogP contribution in [0.25, 0.3) is 0 Å².